The van der Waals surface area contributed by atoms with Crippen molar-refractivity contribution >= 4 is 0 Å². The van der Waals surface area contributed by atoms with Gasteiger partial charge in [0.05, 0.1) is 6.10 Å². The number of hydrogen-bond acceptors (Lipinski definition) is 2. The zero-order valence-corrected chi connectivity index (χ0v) is 7.97. The van der Waals surface area contributed by atoms with Crippen LogP contribution < -0.4 is 5.32 Å². The molecule has 0 bridgehead atoms. The summed E-state index contributed by atoms with van der Waals surface area (Å²) in [6.45, 7) is 1.72. The lowest BCUT2D eigenvalue weighted by Gasteiger charge is -2.17. The summed E-state index contributed by atoms with van der Waals surface area (Å²) in [5.41, 5.74) is 0. The third kappa shape index (κ3) is 2.41. The van der Waals surface area contributed by atoms with Crippen molar-refractivity contribution in [3.05, 3.63) is 0 Å². The summed E-state index contributed by atoms with van der Waals surface area (Å²) in [6.07, 6.45) is 4.78. The maximum atomic E-state index is 13.2. The van der Waals surface area contributed by atoms with Crippen molar-refractivity contribution in [3.8, 4) is 0 Å². The molecule has 3 heteroatoms. The SMILES string of the molecule is F[C@@H]1CCC[C@H]1NCC1CCCO1. The molecule has 0 radical (unpaired) electrons. The number of ether oxygens (including phenoxy) is 1. The van der Waals surface area contributed by atoms with Gasteiger partial charge in [-0.05, 0) is 32.1 Å². The van der Waals surface area contributed by atoms with Crippen molar-refractivity contribution in [2.75, 3.05) is 13.2 Å². The van der Waals surface area contributed by atoms with E-state index in [0.29, 0.717) is 6.10 Å². The first-order valence-corrected chi connectivity index (χ1v) is 5.35. The van der Waals surface area contributed by atoms with Crippen LogP contribution in [0.1, 0.15) is 32.1 Å². The van der Waals surface area contributed by atoms with Gasteiger partial charge in [-0.1, -0.05) is 0 Å². The predicted octanol–water partition coefficient (Wildman–Crippen LogP) is 1.65. The van der Waals surface area contributed by atoms with E-state index in [-0.39, 0.29) is 6.04 Å². The van der Waals surface area contributed by atoms with Gasteiger partial charge < -0.3 is 10.1 Å². The zero-order valence-electron chi connectivity index (χ0n) is 7.97. The lowest BCUT2D eigenvalue weighted by atomic mass is 10.2. The monoisotopic (exact) mass is 187 g/mol. The van der Waals surface area contributed by atoms with Gasteiger partial charge >= 0.3 is 0 Å². The molecule has 76 valence electrons. The lowest BCUT2D eigenvalue weighted by Crippen LogP contribution is -2.38. The minimum atomic E-state index is -0.624. The van der Waals surface area contributed by atoms with E-state index in [9.17, 15) is 4.39 Å². The standard InChI is InChI=1S/C10H18FNO/c11-9-4-1-5-10(9)12-7-8-3-2-6-13-8/h8-10,12H,1-7H2/t8?,9-,10-/m1/s1. The van der Waals surface area contributed by atoms with Crippen LogP contribution in [-0.2, 0) is 4.74 Å². The van der Waals surface area contributed by atoms with Crippen LogP contribution in [0.15, 0.2) is 0 Å². The molecule has 0 amide bonds. The molecular weight excluding hydrogens is 169 g/mol. The fraction of sp³-hybridized carbons (Fsp3) is 1.00. The van der Waals surface area contributed by atoms with Crippen LogP contribution in [0.4, 0.5) is 4.39 Å². The van der Waals surface area contributed by atoms with Crippen molar-refractivity contribution in [2.45, 2.75) is 50.4 Å². The van der Waals surface area contributed by atoms with Crippen molar-refractivity contribution in [2.24, 2.45) is 0 Å². The molecule has 0 aromatic rings. The molecule has 13 heavy (non-hydrogen) atoms. The van der Waals surface area contributed by atoms with Gasteiger partial charge in [-0.15, -0.1) is 0 Å². The van der Waals surface area contributed by atoms with Crippen molar-refractivity contribution in [1.82, 2.24) is 5.32 Å². The molecule has 0 spiro atoms. The van der Waals surface area contributed by atoms with Gasteiger partial charge in [0.2, 0.25) is 0 Å². The van der Waals surface area contributed by atoms with E-state index < -0.39 is 6.17 Å². The van der Waals surface area contributed by atoms with E-state index in [0.717, 1.165) is 45.3 Å². The van der Waals surface area contributed by atoms with Gasteiger partial charge in [-0.3, -0.25) is 0 Å². The first kappa shape index (κ1) is 9.41. The average molecular weight is 187 g/mol. The topological polar surface area (TPSA) is 21.3 Å². The fourth-order valence-corrected chi connectivity index (χ4v) is 2.23. The minimum Gasteiger partial charge on any atom is -0.377 e. The number of halogens is 1. The van der Waals surface area contributed by atoms with E-state index >= 15 is 0 Å². The molecule has 1 saturated carbocycles. The van der Waals surface area contributed by atoms with E-state index in [1.165, 1.54) is 0 Å². The van der Waals surface area contributed by atoms with Crippen LogP contribution in [0, 0.1) is 0 Å². The summed E-state index contributed by atoms with van der Waals surface area (Å²) >= 11 is 0. The molecule has 1 aliphatic carbocycles. The second-order valence-electron chi connectivity index (χ2n) is 4.10. The Morgan fingerprint density at radius 3 is 2.77 bits per heavy atom. The molecule has 2 aliphatic rings. The van der Waals surface area contributed by atoms with Crippen molar-refractivity contribution < 1.29 is 9.13 Å². The van der Waals surface area contributed by atoms with E-state index in [2.05, 4.69) is 5.32 Å². The van der Waals surface area contributed by atoms with Crippen LogP contribution in [0.3, 0.4) is 0 Å². The van der Waals surface area contributed by atoms with Gasteiger partial charge in [-0.2, -0.15) is 0 Å². The molecule has 3 atom stereocenters. The second kappa shape index (κ2) is 4.38. The van der Waals surface area contributed by atoms with Gasteiger partial charge in [0, 0.05) is 19.2 Å². The van der Waals surface area contributed by atoms with Crippen LogP contribution in [0.25, 0.3) is 0 Å². The van der Waals surface area contributed by atoms with Gasteiger partial charge in [0.15, 0.2) is 0 Å². The smallest absolute Gasteiger partial charge is 0.115 e. The third-order valence-corrected chi connectivity index (χ3v) is 3.06. The molecule has 2 fully saturated rings. The van der Waals surface area contributed by atoms with Crippen molar-refractivity contribution in [1.29, 1.82) is 0 Å². The summed E-state index contributed by atoms with van der Waals surface area (Å²) in [5, 5.41) is 3.27. The van der Waals surface area contributed by atoms with Gasteiger partial charge in [0.1, 0.15) is 6.17 Å². The number of alkyl halides is 1. The van der Waals surface area contributed by atoms with Crippen LogP contribution >= 0.6 is 0 Å². The Bertz CT molecular complexity index is 159. The molecule has 1 saturated heterocycles. The number of hydrogen-bond donors (Lipinski definition) is 1. The first-order chi connectivity index (χ1) is 6.36. The highest BCUT2D eigenvalue weighted by Crippen LogP contribution is 2.22. The maximum Gasteiger partial charge on any atom is 0.115 e. The molecule has 1 heterocycles. The molecule has 1 unspecified atom stereocenters. The Labute approximate surface area is 78.8 Å². The molecule has 2 nitrogen and oxygen atoms in total. The second-order valence-corrected chi connectivity index (χ2v) is 4.10. The lowest BCUT2D eigenvalue weighted by molar-refractivity contribution is 0.104. The normalized spacial score (nSPS) is 39.9. The van der Waals surface area contributed by atoms with E-state index in [4.69, 9.17) is 4.74 Å². The molecule has 1 aliphatic heterocycles. The summed E-state index contributed by atoms with van der Waals surface area (Å²) in [7, 11) is 0. The third-order valence-electron chi connectivity index (χ3n) is 3.06. The van der Waals surface area contributed by atoms with Gasteiger partial charge in [0.25, 0.3) is 0 Å². The highest BCUT2D eigenvalue weighted by atomic mass is 19.1. The number of rotatable bonds is 3. The van der Waals surface area contributed by atoms with Crippen LogP contribution in [-0.4, -0.2) is 31.5 Å². The molecule has 2 rings (SSSR count). The van der Waals surface area contributed by atoms with Crippen LogP contribution in [0.2, 0.25) is 0 Å². The highest BCUT2D eigenvalue weighted by molar-refractivity contribution is 4.84. The fourth-order valence-electron chi connectivity index (χ4n) is 2.23. The Hall–Kier alpha value is -0.150. The Morgan fingerprint density at radius 1 is 1.23 bits per heavy atom. The Balaban J connectivity index is 1.66. The minimum absolute atomic E-state index is 0.101. The Kier molecular flexibility index (Phi) is 3.17. The zero-order chi connectivity index (χ0) is 9.10. The molecule has 0 aromatic heterocycles. The summed E-state index contributed by atoms with van der Waals surface area (Å²) < 4.78 is 18.6. The summed E-state index contributed by atoms with van der Waals surface area (Å²) in [6, 6.07) is 0.101. The quantitative estimate of drug-likeness (QED) is 0.725. The summed E-state index contributed by atoms with van der Waals surface area (Å²) in [4.78, 5) is 0. The molecule has 0 aromatic carbocycles. The van der Waals surface area contributed by atoms with Crippen molar-refractivity contribution in [3.63, 3.8) is 0 Å². The predicted molar refractivity (Wildman–Crippen MR) is 49.5 cm³/mol. The summed E-state index contributed by atoms with van der Waals surface area (Å²) in [5.74, 6) is 0. The largest absolute Gasteiger partial charge is 0.377 e. The maximum absolute atomic E-state index is 13.2. The van der Waals surface area contributed by atoms with Crippen LogP contribution in [0.5, 0.6) is 0 Å². The molecule has 1 N–H and O–H groups in total. The van der Waals surface area contributed by atoms with Gasteiger partial charge in [-0.25, -0.2) is 4.39 Å². The van der Waals surface area contributed by atoms with E-state index in [1.54, 1.807) is 0 Å². The Morgan fingerprint density at radius 2 is 2.15 bits per heavy atom. The highest BCUT2D eigenvalue weighted by Gasteiger charge is 2.27. The van der Waals surface area contributed by atoms with E-state index in [1.807, 2.05) is 0 Å². The molecular formula is C10H18FNO. The number of nitrogens with one attached hydrogen (secondary N) is 1. The average Bonchev–Trinajstić information content (AvgIpc) is 2.72. The first-order valence-electron chi connectivity index (χ1n) is 5.35.